The number of para-hydroxylation sites is 2. The van der Waals surface area contributed by atoms with E-state index in [4.69, 9.17) is 14.2 Å². The standard InChI is InChI=1S/C22H27N3O4S.Na.H/c1-14-9-23-19(13-30(26)21-24-17-7-5-6-8-18(17)25-21)15(2)20(14)27-10-16-11-28-22(3,4)29-12-16;;/h5-9,16H,10-13H2,1-4H3,(H,24,25);;/q;+1;-1/t30-;;/m0../s1. The molecule has 1 aromatic carbocycles. The number of ether oxygens (including phenoxy) is 3. The monoisotopic (exact) mass is 453 g/mol. The summed E-state index contributed by atoms with van der Waals surface area (Å²) in [6.45, 7) is 9.43. The summed E-state index contributed by atoms with van der Waals surface area (Å²) >= 11 is 0. The van der Waals surface area contributed by atoms with Crippen LogP contribution in [-0.2, 0) is 26.0 Å². The molecule has 1 aliphatic heterocycles. The first-order valence-corrected chi connectivity index (χ1v) is 11.3. The maximum absolute atomic E-state index is 12.9. The van der Waals surface area contributed by atoms with E-state index >= 15 is 0 Å². The molecule has 1 aliphatic rings. The predicted molar refractivity (Wildman–Crippen MR) is 116 cm³/mol. The Labute approximate surface area is 208 Å². The Morgan fingerprint density at radius 1 is 1.26 bits per heavy atom. The number of aryl methyl sites for hydroxylation is 1. The van der Waals surface area contributed by atoms with Gasteiger partial charge in [-0.1, -0.05) is 12.1 Å². The first kappa shape index (κ1) is 24.4. The largest absolute Gasteiger partial charge is 1.00 e. The van der Waals surface area contributed by atoms with Crippen LogP contribution in [0.25, 0.3) is 11.0 Å². The Bertz CT molecular complexity index is 1050. The smallest absolute Gasteiger partial charge is 1.00 e. The molecule has 0 spiro atoms. The number of nitrogens with one attached hydrogen (secondary N) is 1. The van der Waals surface area contributed by atoms with Gasteiger partial charge in [0, 0.05) is 23.2 Å². The van der Waals surface area contributed by atoms with Gasteiger partial charge < -0.3 is 20.6 Å². The summed E-state index contributed by atoms with van der Waals surface area (Å²) in [7, 11) is -1.33. The average Bonchev–Trinajstić information content (AvgIpc) is 3.15. The molecular formula is C22H28N3NaO4S. The van der Waals surface area contributed by atoms with E-state index in [1.807, 2.05) is 52.0 Å². The molecule has 3 aromatic rings. The van der Waals surface area contributed by atoms with Crippen molar-refractivity contribution in [3.05, 3.63) is 47.3 Å². The Morgan fingerprint density at radius 2 is 1.97 bits per heavy atom. The molecule has 1 N–H and O–H groups in total. The van der Waals surface area contributed by atoms with Gasteiger partial charge in [-0.15, -0.1) is 0 Å². The summed E-state index contributed by atoms with van der Waals surface area (Å²) in [4.78, 5) is 12.1. The molecule has 2 aromatic heterocycles. The fraction of sp³-hybridized carbons (Fsp3) is 0.455. The maximum Gasteiger partial charge on any atom is 1.00 e. The summed E-state index contributed by atoms with van der Waals surface area (Å²) in [5, 5.41) is 0.458. The molecule has 1 fully saturated rings. The second kappa shape index (κ2) is 10.1. The number of aromatic amines is 1. The van der Waals surface area contributed by atoms with Crippen LogP contribution in [0.2, 0.25) is 0 Å². The van der Waals surface area contributed by atoms with Crippen LogP contribution < -0.4 is 34.3 Å². The molecule has 0 unspecified atom stereocenters. The van der Waals surface area contributed by atoms with Crippen molar-refractivity contribution in [2.75, 3.05) is 19.8 Å². The number of imidazole rings is 1. The van der Waals surface area contributed by atoms with E-state index in [2.05, 4.69) is 15.0 Å². The third-order valence-electron chi connectivity index (χ3n) is 5.19. The van der Waals surface area contributed by atoms with Crippen molar-refractivity contribution < 1.29 is 49.4 Å². The zero-order valence-corrected chi connectivity index (χ0v) is 21.5. The molecule has 7 nitrogen and oxygen atoms in total. The Hall–Kier alpha value is -1.29. The number of pyridine rings is 1. The van der Waals surface area contributed by atoms with Crippen molar-refractivity contribution in [3.63, 3.8) is 0 Å². The number of hydrogen-bond acceptors (Lipinski definition) is 6. The van der Waals surface area contributed by atoms with Crippen molar-refractivity contribution >= 4 is 21.8 Å². The van der Waals surface area contributed by atoms with Gasteiger partial charge in [0.2, 0.25) is 0 Å². The minimum Gasteiger partial charge on any atom is -1.00 e. The minimum atomic E-state index is -1.33. The van der Waals surface area contributed by atoms with Gasteiger partial charge in [-0.05, 0) is 39.8 Å². The number of rotatable bonds is 6. The van der Waals surface area contributed by atoms with Gasteiger partial charge >= 0.3 is 29.6 Å². The molecular weight excluding hydrogens is 425 g/mol. The quantitative estimate of drug-likeness (QED) is 0.555. The summed E-state index contributed by atoms with van der Waals surface area (Å²) in [6.07, 6.45) is 1.77. The molecule has 4 rings (SSSR count). The van der Waals surface area contributed by atoms with Gasteiger partial charge in [0.05, 0.1) is 53.1 Å². The molecule has 1 atom stereocenters. The second-order valence-corrected chi connectivity index (χ2v) is 9.46. The van der Waals surface area contributed by atoms with E-state index in [1.54, 1.807) is 6.20 Å². The van der Waals surface area contributed by atoms with Gasteiger partial charge in [-0.25, -0.2) is 4.98 Å². The van der Waals surface area contributed by atoms with Crippen LogP contribution in [-0.4, -0.2) is 44.8 Å². The van der Waals surface area contributed by atoms with E-state index in [-0.39, 0.29) is 42.7 Å². The molecule has 0 bridgehead atoms. The first-order valence-electron chi connectivity index (χ1n) is 10.0. The Balaban J connectivity index is 0.00000181. The molecule has 0 saturated carbocycles. The second-order valence-electron chi connectivity index (χ2n) is 8.09. The van der Waals surface area contributed by atoms with Crippen LogP contribution in [0.4, 0.5) is 0 Å². The van der Waals surface area contributed by atoms with Gasteiger partial charge in [-0.2, -0.15) is 0 Å². The Kier molecular flexibility index (Phi) is 7.94. The van der Waals surface area contributed by atoms with Gasteiger partial charge in [0.15, 0.2) is 10.9 Å². The molecule has 0 radical (unpaired) electrons. The van der Waals surface area contributed by atoms with E-state index in [1.165, 1.54) is 0 Å². The van der Waals surface area contributed by atoms with Crippen LogP contribution >= 0.6 is 0 Å². The number of hydrogen-bond donors (Lipinski definition) is 1. The fourth-order valence-electron chi connectivity index (χ4n) is 3.38. The number of aromatic nitrogens is 3. The first-order chi connectivity index (χ1) is 14.3. The number of benzene rings is 1. The van der Waals surface area contributed by atoms with Crippen LogP contribution in [0.3, 0.4) is 0 Å². The molecule has 9 heteroatoms. The predicted octanol–water partition coefficient (Wildman–Crippen LogP) is 0.777. The third kappa shape index (κ3) is 5.74. The number of H-pyrrole nitrogens is 1. The van der Waals surface area contributed by atoms with E-state index in [0.29, 0.717) is 25.0 Å². The molecule has 31 heavy (non-hydrogen) atoms. The summed E-state index contributed by atoms with van der Waals surface area (Å²) in [5.74, 6) is 0.684. The van der Waals surface area contributed by atoms with E-state index < -0.39 is 16.6 Å². The molecule has 162 valence electrons. The summed E-state index contributed by atoms with van der Waals surface area (Å²) in [6, 6.07) is 7.65. The molecule has 1 saturated heterocycles. The van der Waals surface area contributed by atoms with Crippen molar-refractivity contribution in [3.8, 4) is 5.75 Å². The van der Waals surface area contributed by atoms with Gasteiger partial charge in [0.1, 0.15) is 5.75 Å². The van der Waals surface area contributed by atoms with E-state index in [0.717, 1.165) is 33.6 Å². The van der Waals surface area contributed by atoms with Crippen LogP contribution in [0.5, 0.6) is 5.75 Å². The zero-order valence-electron chi connectivity index (χ0n) is 19.7. The van der Waals surface area contributed by atoms with Gasteiger partial charge in [-0.3, -0.25) is 9.19 Å². The average molecular weight is 454 g/mol. The Morgan fingerprint density at radius 3 is 2.68 bits per heavy atom. The van der Waals surface area contributed by atoms with Crippen molar-refractivity contribution in [1.82, 2.24) is 15.0 Å². The van der Waals surface area contributed by atoms with Crippen molar-refractivity contribution in [2.24, 2.45) is 5.92 Å². The van der Waals surface area contributed by atoms with Crippen LogP contribution in [0, 0.1) is 19.8 Å². The van der Waals surface area contributed by atoms with Crippen molar-refractivity contribution in [2.45, 2.75) is 44.4 Å². The normalized spacial score (nSPS) is 17.3. The van der Waals surface area contributed by atoms with E-state index in [9.17, 15) is 4.21 Å². The maximum atomic E-state index is 12.9. The van der Waals surface area contributed by atoms with Crippen LogP contribution in [0.15, 0.2) is 35.6 Å². The third-order valence-corrected chi connectivity index (χ3v) is 6.35. The SMILES string of the molecule is Cc1cnc(C[S@](=O)c2nc3ccccc3[nH]2)c(C)c1OCC1COC(C)(C)OC1.[H-].[Na+]. The molecule has 0 aliphatic carbocycles. The number of nitrogens with zero attached hydrogens (tertiary/aromatic N) is 2. The van der Waals surface area contributed by atoms with Gasteiger partial charge in [0.25, 0.3) is 0 Å². The topological polar surface area (TPSA) is 86.3 Å². The molecule has 3 heterocycles. The summed E-state index contributed by atoms with van der Waals surface area (Å²) in [5.41, 5.74) is 4.27. The fourth-order valence-corrected chi connectivity index (χ4v) is 4.48. The minimum absolute atomic E-state index is 0. The zero-order chi connectivity index (χ0) is 21.3. The molecule has 0 amide bonds. The van der Waals surface area contributed by atoms with Crippen LogP contribution in [0.1, 0.15) is 32.1 Å². The summed E-state index contributed by atoms with van der Waals surface area (Å²) < 4.78 is 30.5. The van der Waals surface area contributed by atoms with Crippen molar-refractivity contribution in [1.29, 1.82) is 0 Å². The number of fused-ring (bicyclic) bond motifs is 1.